The van der Waals surface area contributed by atoms with Gasteiger partial charge in [0, 0.05) is 11.6 Å². The molecule has 148 valence electrons. The molecule has 0 unspecified atom stereocenters. The third kappa shape index (κ3) is 3.54. The van der Waals surface area contributed by atoms with E-state index in [9.17, 15) is 18.0 Å². The van der Waals surface area contributed by atoms with Gasteiger partial charge < -0.3 is 4.74 Å². The number of hydrogen-bond acceptors (Lipinski definition) is 4. The molecule has 0 saturated carbocycles. The Morgan fingerprint density at radius 3 is 2.46 bits per heavy atom. The first-order chi connectivity index (χ1) is 13.2. The lowest BCUT2D eigenvalue weighted by molar-refractivity contribution is -0.136. The smallest absolute Gasteiger partial charge is 0.417 e. The number of aromatic nitrogens is 3. The average Bonchev–Trinajstić information content (AvgIpc) is 2.66. The third-order valence-electron chi connectivity index (χ3n) is 4.62. The summed E-state index contributed by atoms with van der Waals surface area (Å²) in [5.41, 5.74) is -1.46. The van der Waals surface area contributed by atoms with E-state index >= 15 is 0 Å². The molecule has 0 aliphatic rings. The number of nitrogens with one attached hydrogen (secondary N) is 1. The Kier molecular flexibility index (Phi) is 5.29. The molecule has 0 spiro atoms. The van der Waals surface area contributed by atoms with Gasteiger partial charge in [0.05, 0.1) is 23.8 Å². The SMILES string of the molecule is CC[C@H](C)n1c(=S)[nH]c(=O)c2c(C(F)(F)F)cc(-c3ccc(OC)cc3)nc21. The molecule has 1 N–H and O–H groups in total. The fourth-order valence-corrected chi connectivity index (χ4v) is 3.33. The molecule has 1 aromatic carbocycles. The van der Waals surface area contributed by atoms with Crippen LogP contribution in [0.2, 0.25) is 0 Å². The number of H-pyrrole nitrogens is 1. The summed E-state index contributed by atoms with van der Waals surface area (Å²) in [6, 6.07) is 7.14. The summed E-state index contributed by atoms with van der Waals surface area (Å²) >= 11 is 5.21. The minimum absolute atomic E-state index is 0.0411. The van der Waals surface area contributed by atoms with Crippen LogP contribution < -0.4 is 10.3 Å². The molecule has 0 bridgehead atoms. The van der Waals surface area contributed by atoms with E-state index in [1.807, 2.05) is 13.8 Å². The van der Waals surface area contributed by atoms with Gasteiger partial charge in [-0.3, -0.25) is 14.3 Å². The standard InChI is InChI=1S/C19H18F3N3O2S/c1-4-10(2)25-16-15(17(26)24-18(25)28)13(19(20,21)22)9-14(23-16)11-5-7-12(27-3)8-6-11/h5-10H,4H2,1-3H3,(H,24,26,28)/t10-/m0/s1. The monoisotopic (exact) mass is 409 g/mol. The van der Waals surface area contributed by atoms with Gasteiger partial charge in [-0.1, -0.05) is 6.92 Å². The Hall–Kier alpha value is -2.68. The number of fused-ring (bicyclic) bond motifs is 1. The Morgan fingerprint density at radius 1 is 1.29 bits per heavy atom. The van der Waals surface area contributed by atoms with Crippen molar-refractivity contribution in [3.8, 4) is 17.0 Å². The van der Waals surface area contributed by atoms with Crippen LogP contribution >= 0.6 is 12.2 Å². The van der Waals surface area contributed by atoms with Crippen LogP contribution in [-0.2, 0) is 6.18 Å². The molecule has 0 fully saturated rings. The molecule has 0 amide bonds. The van der Waals surface area contributed by atoms with Crippen molar-refractivity contribution in [2.24, 2.45) is 0 Å². The highest BCUT2D eigenvalue weighted by Crippen LogP contribution is 2.36. The summed E-state index contributed by atoms with van der Waals surface area (Å²) in [6.07, 6.45) is -4.13. The molecule has 0 aliphatic heterocycles. The van der Waals surface area contributed by atoms with Crippen LogP contribution in [0, 0.1) is 4.77 Å². The van der Waals surface area contributed by atoms with Crippen LogP contribution in [0.5, 0.6) is 5.75 Å². The van der Waals surface area contributed by atoms with E-state index in [4.69, 9.17) is 17.0 Å². The van der Waals surface area contributed by atoms with Crippen molar-refractivity contribution in [3.63, 3.8) is 0 Å². The maximum Gasteiger partial charge on any atom is 0.417 e. The van der Waals surface area contributed by atoms with Crippen molar-refractivity contribution in [1.82, 2.24) is 14.5 Å². The van der Waals surface area contributed by atoms with Crippen molar-refractivity contribution >= 4 is 23.3 Å². The fourth-order valence-electron chi connectivity index (χ4n) is 2.97. The maximum absolute atomic E-state index is 13.8. The summed E-state index contributed by atoms with van der Waals surface area (Å²) in [5, 5.41) is -0.515. The van der Waals surface area contributed by atoms with Gasteiger partial charge in [0.2, 0.25) is 0 Å². The number of rotatable bonds is 4. The van der Waals surface area contributed by atoms with Crippen molar-refractivity contribution in [1.29, 1.82) is 0 Å². The van der Waals surface area contributed by atoms with Crippen molar-refractivity contribution in [3.05, 3.63) is 51.0 Å². The topological polar surface area (TPSA) is 59.9 Å². The largest absolute Gasteiger partial charge is 0.497 e. The van der Waals surface area contributed by atoms with Gasteiger partial charge >= 0.3 is 6.18 Å². The van der Waals surface area contributed by atoms with Gasteiger partial charge in [0.25, 0.3) is 5.56 Å². The molecular weight excluding hydrogens is 391 g/mol. The number of ether oxygens (including phenoxy) is 1. The Balaban J connectivity index is 2.45. The zero-order valence-electron chi connectivity index (χ0n) is 15.4. The summed E-state index contributed by atoms with van der Waals surface area (Å²) in [4.78, 5) is 19.1. The zero-order chi connectivity index (χ0) is 20.6. The lowest BCUT2D eigenvalue weighted by Crippen LogP contribution is -2.22. The minimum atomic E-state index is -4.73. The molecule has 9 heteroatoms. The Morgan fingerprint density at radius 2 is 1.93 bits per heavy atom. The van der Waals surface area contributed by atoms with Gasteiger partial charge in [-0.25, -0.2) is 4.98 Å². The van der Waals surface area contributed by atoms with Gasteiger partial charge in [0.1, 0.15) is 11.4 Å². The van der Waals surface area contributed by atoms with Gasteiger partial charge in [-0.2, -0.15) is 13.2 Å². The van der Waals surface area contributed by atoms with Gasteiger partial charge in [0.15, 0.2) is 4.77 Å². The maximum atomic E-state index is 13.8. The van der Waals surface area contributed by atoms with E-state index < -0.39 is 22.7 Å². The molecule has 1 atom stereocenters. The number of pyridine rings is 1. The zero-order valence-corrected chi connectivity index (χ0v) is 16.2. The molecule has 0 radical (unpaired) electrons. The van der Waals surface area contributed by atoms with Crippen LogP contribution in [0.15, 0.2) is 35.1 Å². The Labute approximate surface area is 163 Å². The van der Waals surface area contributed by atoms with E-state index in [0.29, 0.717) is 17.7 Å². The summed E-state index contributed by atoms with van der Waals surface area (Å²) in [5.74, 6) is 0.569. The third-order valence-corrected chi connectivity index (χ3v) is 4.92. The number of nitrogens with zero attached hydrogens (tertiary/aromatic N) is 2. The molecule has 0 aliphatic carbocycles. The Bertz CT molecular complexity index is 1130. The van der Waals surface area contributed by atoms with E-state index in [-0.39, 0.29) is 22.2 Å². The number of methoxy groups -OCH3 is 1. The van der Waals surface area contributed by atoms with Crippen LogP contribution in [-0.4, -0.2) is 21.6 Å². The second-order valence-electron chi connectivity index (χ2n) is 6.37. The molecule has 2 heterocycles. The highest BCUT2D eigenvalue weighted by atomic mass is 32.1. The number of benzene rings is 1. The van der Waals surface area contributed by atoms with E-state index in [0.717, 1.165) is 6.07 Å². The average molecular weight is 409 g/mol. The predicted molar refractivity (Wildman–Crippen MR) is 103 cm³/mol. The van der Waals surface area contributed by atoms with E-state index in [2.05, 4.69) is 9.97 Å². The molecular formula is C19H18F3N3O2S. The number of halogens is 3. The lowest BCUT2D eigenvalue weighted by atomic mass is 10.1. The molecule has 28 heavy (non-hydrogen) atoms. The number of alkyl halides is 3. The van der Waals surface area contributed by atoms with Crippen LogP contribution in [0.4, 0.5) is 13.2 Å². The predicted octanol–water partition coefficient (Wildman–Crippen LogP) is 5.12. The second kappa shape index (κ2) is 7.38. The highest BCUT2D eigenvalue weighted by molar-refractivity contribution is 7.71. The van der Waals surface area contributed by atoms with Crippen molar-refractivity contribution in [2.75, 3.05) is 7.11 Å². The summed E-state index contributed by atoms with van der Waals surface area (Å²) < 4.78 is 48.0. The quantitative estimate of drug-likeness (QED) is 0.608. The molecule has 3 rings (SSSR count). The van der Waals surface area contributed by atoms with Crippen LogP contribution in [0.3, 0.4) is 0 Å². The lowest BCUT2D eigenvalue weighted by Gasteiger charge is -2.19. The molecule has 5 nitrogen and oxygen atoms in total. The van der Waals surface area contributed by atoms with Crippen molar-refractivity contribution < 1.29 is 17.9 Å². The molecule has 3 aromatic rings. The van der Waals surface area contributed by atoms with Crippen molar-refractivity contribution in [2.45, 2.75) is 32.5 Å². The highest BCUT2D eigenvalue weighted by Gasteiger charge is 2.35. The first-order valence-electron chi connectivity index (χ1n) is 8.58. The van der Waals surface area contributed by atoms with E-state index in [1.54, 1.807) is 24.3 Å². The van der Waals surface area contributed by atoms with Crippen LogP contribution in [0.1, 0.15) is 31.9 Å². The van der Waals surface area contributed by atoms with Crippen LogP contribution in [0.25, 0.3) is 22.3 Å². The van der Waals surface area contributed by atoms with Gasteiger partial charge in [-0.15, -0.1) is 0 Å². The summed E-state index contributed by atoms with van der Waals surface area (Å²) in [6.45, 7) is 3.68. The second-order valence-corrected chi connectivity index (χ2v) is 6.75. The van der Waals surface area contributed by atoms with Gasteiger partial charge in [-0.05, 0) is 55.9 Å². The van der Waals surface area contributed by atoms with E-state index in [1.165, 1.54) is 11.7 Å². The molecule has 0 saturated heterocycles. The normalized spacial score (nSPS) is 12.9. The summed E-state index contributed by atoms with van der Waals surface area (Å²) in [7, 11) is 1.50. The minimum Gasteiger partial charge on any atom is -0.497 e. The first kappa shape index (κ1) is 20.1. The number of hydrogen-bond donors (Lipinski definition) is 1. The number of aromatic amines is 1. The fraction of sp³-hybridized carbons (Fsp3) is 0.316. The molecule has 2 aromatic heterocycles. The first-order valence-corrected chi connectivity index (χ1v) is 8.99.